The van der Waals surface area contributed by atoms with Crippen LogP contribution in [0.25, 0.3) is 0 Å². The smallest absolute Gasteiger partial charge is 0.228 e. The van der Waals surface area contributed by atoms with E-state index in [2.05, 4.69) is 52.1 Å². The molecule has 0 aromatic heterocycles. The first-order valence-electron chi connectivity index (χ1n) is 15.7. The molecule has 0 spiro atoms. The normalized spacial score (nSPS) is 38.7. The third-order valence-corrected chi connectivity index (χ3v) is 10.3. The zero-order chi connectivity index (χ0) is 28.0. The number of amides is 1. The average Bonchev–Trinajstić information content (AvgIpc) is 3.35. The zero-order valence-electron chi connectivity index (χ0n) is 24.5. The lowest BCUT2D eigenvalue weighted by atomic mass is 9.69. The molecule has 4 rings (SSSR count). The van der Waals surface area contributed by atoms with Crippen molar-refractivity contribution in [2.75, 3.05) is 19.8 Å². The van der Waals surface area contributed by atoms with Crippen LogP contribution in [0.2, 0.25) is 0 Å². The molecule has 1 saturated carbocycles. The Kier molecular flexibility index (Phi) is 11.2. The summed E-state index contributed by atoms with van der Waals surface area (Å²) in [5.41, 5.74) is 19.3. The highest BCUT2D eigenvalue weighted by atomic mass is 19.1. The first-order valence-corrected chi connectivity index (χ1v) is 15.7. The van der Waals surface area contributed by atoms with Gasteiger partial charge in [-0.25, -0.2) is 15.2 Å². The summed E-state index contributed by atoms with van der Waals surface area (Å²) in [5, 5.41) is 7.06. The zero-order valence-corrected chi connectivity index (χ0v) is 24.5. The maximum absolute atomic E-state index is 14.7. The first kappa shape index (κ1) is 30.8. The van der Waals surface area contributed by atoms with Crippen LogP contribution in [0.5, 0.6) is 0 Å². The van der Waals surface area contributed by atoms with Crippen LogP contribution in [0.4, 0.5) is 4.39 Å². The lowest BCUT2D eigenvalue weighted by molar-refractivity contribution is -0.128. The van der Waals surface area contributed by atoms with Gasteiger partial charge in [-0.3, -0.25) is 14.7 Å². The van der Waals surface area contributed by atoms with Gasteiger partial charge in [-0.2, -0.15) is 0 Å². The second kappa shape index (κ2) is 14.1. The monoisotopic (exact) mass is 550 g/mol. The maximum Gasteiger partial charge on any atom is 0.228 e. The topological polar surface area (TPSA) is 133 Å². The van der Waals surface area contributed by atoms with Crippen molar-refractivity contribution >= 4 is 12.1 Å². The van der Waals surface area contributed by atoms with E-state index in [0.717, 1.165) is 38.9 Å². The van der Waals surface area contributed by atoms with Gasteiger partial charge in [-0.05, 0) is 56.4 Å². The molecule has 224 valence electrons. The van der Waals surface area contributed by atoms with E-state index in [9.17, 15) is 9.18 Å². The van der Waals surface area contributed by atoms with E-state index < -0.39 is 24.3 Å². The third kappa shape index (κ3) is 7.38. The van der Waals surface area contributed by atoms with Crippen molar-refractivity contribution in [3.8, 4) is 0 Å². The minimum Gasteiger partial charge on any atom is -0.350 e. The first-order chi connectivity index (χ1) is 18.8. The Morgan fingerprint density at radius 2 is 1.97 bits per heavy atom. The van der Waals surface area contributed by atoms with Crippen molar-refractivity contribution in [1.82, 2.24) is 26.4 Å². The molecule has 3 fully saturated rings. The summed E-state index contributed by atoms with van der Waals surface area (Å²) in [5.74, 6) is 0.227. The fraction of sp³-hybridized carbons (Fsp3) is 0.931. The van der Waals surface area contributed by atoms with Crippen LogP contribution in [0.1, 0.15) is 91.4 Å². The van der Waals surface area contributed by atoms with Crippen LogP contribution in [-0.2, 0) is 4.79 Å². The van der Waals surface area contributed by atoms with Crippen LogP contribution >= 0.6 is 0 Å². The number of alkyl halides is 1. The second-order valence-corrected chi connectivity index (χ2v) is 12.8. The summed E-state index contributed by atoms with van der Waals surface area (Å²) >= 11 is 0. The van der Waals surface area contributed by atoms with Gasteiger partial charge in [0, 0.05) is 18.8 Å². The molecule has 1 amide bonds. The summed E-state index contributed by atoms with van der Waals surface area (Å²) in [7, 11) is 0. The molecule has 3 heterocycles. The fourth-order valence-electron chi connectivity index (χ4n) is 8.12. The lowest BCUT2D eigenvalue weighted by Gasteiger charge is -2.48. The van der Waals surface area contributed by atoms with Crippen LogP contribution in [0.3, 0.4) is 0 Å². The van der Waals surface area contributed by atoms with Gasteiger partial charge in [0.15, 0.2) is 0 Å². The van der Waals surface area contributed by atoms with Crippen molar-refractivity contribution in [1.29, 1.82) is 0 Å². The molecular weight excluding hydrogens is 495 g/mol. The maximum atomic E-state index is 14.7. The third-order valence-electron chi connectivity index (χ3n) is 10.3. The number of nitrogens with one attached hydrogen (secondary N) is 4. The summed E-state index contributed by atoms with van der Waals surface area (Å²) in [4.78, 5) is 21.2. The highest BCUT2D eigenvalue weighted by molar-refractivity contribution is 5.81. The number of halogens is 1. The molecule has 3 aliphatic heterocycles. The molecule has 0 radical (unpaired) electrons. The Morgan fingerprint density at radius 1 is 1.21 bits per heavy atom. The van der Waals surface area contributed by atoms with Crippen molar-refractivity contribution in [2.45, 2.75) is 128 Å². The van der Waals surface area contributed by atoms with Crippen molar-refractivity contribution < 1.29 is 9.18 Å². The number of carbonyl (C=O) groups excluding carboxylic acids is 1. The Balaban J connectivity index is 1.58. The Hall–Kier alpha value is -1.17. The van der Waals surface area contributed by atoms with E-state index >= 15 is 0 Å². The predicted molar refractivity (Wildman–Crippen MR) is 155 cm³/mol. The molecular formula is C29H55FN8O. The van der Waals surface area contributed by atoms with Crippen LogP contribution in [0, 0.1) is 23.2 Å². The van der Waals surface area contributed by atoms with Gasteiger partial charge in [0.25, 0.3) is 0 Å². The number of piperidine rings is 1. The van der Waals surface area contributed by atoms with Gasteiger partial charge in [0.1, 0.15) is 6.17 Å². The average molecular weight is 551 g/mol. The molecule has 8 atom stereocenters. The Morgan fingerprint density at radius 3 is 2.62 bits per heavy atom. The van der Waals surface area contributed by atoms with Crippen molar-refractivity contribution in [3.05, 3.63) is 0 Å². The highest BCUT2D eigenvalue weighted by Crippen LogP contribution is 2.42. The van der Waals surface area contributed by atoms with Gasteiger partial charge in [0.05, 0.1) is 37.0 Å². The number of hydrogen-bond donors (Lipinski definition) is 6. The number of carbonyl (C=O) groups is 1. The Labute approximate surface area is 235 Å². The minimum absolute atomic E-state index is 0.0573. The molecule has 10 heteroatoms. The molecule has 9 nitrogen and oxygen atoms in total. The molecule has 4 aliphatic rings. The molecule has 1 aliphatic carbocycles. The molecule has 0 aromatic rings. The molecule has 0 aromatic carbocycles. The van der Waals surface area contributed by atoms with E-state index in [1.54, 1.807) is 0 Å². The predicted octanol–water partition coefficient (Wildman–Crippen LogP) is 2.37. The fourth-order valence-corrected chi connectivity index (χ4v) is 8.12. The van der Waals surface area contributed by atoms with Crippen LogP contribution < -0.4 is 33.0 Å². The van der Waals surface area contributed by atoms with Crippen LogP contribution in [-0.4, -0.2) is 73.4 Å². The van der Waals surface area contributed by atoms with Gasteiger partial charge in [-0.15, -0.1) is 0 Å². The number of rotatable bonds is 9. The van der Waals surface area contributed by atoms with E-state index in [0.29, 0.717) is 31.2 Å². The van der Waals surface area contributed by atoms with Gasteiger partial charge in [0.2, 0.25) is 5.91 Å². The van der Waals surface area contributed by atoms with Crippen molar-refractivity contribution in [2.24, 2.45) is 39.6 Å². The van der Waals surface area contributed by atoms with Crippen molar-refractivity contribution in [3.63, 3.8) is 0 Å². The summed E-state index contributed by atoms with van der Waals surface area (Å²) in [6.45, 7) is 8.92. The quantitative estimate of drug-likeness (QED) is 0.243. The number of aliphatic imine (C=N–C) groups is 1. The number of nitrogens with zero attached hydrogens (tertiary/aromatic N) is 2. The largest absolute Gasteiger partial charge is 0.350 e. The summed E-state index contributed by atoms with van der Waals surface area (Å²) in [6, 6.07) is -0.328. The molecule has 8 N–H and O–H groups in total. The standard InChI is InChI=1S/C29H55FN8O/c1-4-12-29(5-2)13-11-21(30)15-34-23(14-29)25(27(31)32)28(39)36-24-17-33-16-22(20-9-7-6-8-10-20)26(24)38-18-35-37-19(38)3/h15,19-27,33,35,37H,4-14,16-18,31-32H2,1-3H3,(H,36,39)/b34-15-. The second-order valence-electron chi connectivity index (χ2n) is 12.8. The highest BCUT2D eigenvalue weighted by Gasteiger charge is 2.46. The van der Waals surface area contributed by atoms with E-state index in [-0.39, 0.29) is 29.6 Å². The lowest BCUT2D eigenvalue weighted by Crippen LogP contribution is -2.67. The number of hydrogen-bond acceptors (Lipinski definition) is 8. The molecule has 8 unspecified atom stereocenters. The van der Waals surface area contributed by atoms with Gasteiger partial charge >= 0.3 is 0 Å². The Bertz CT molecular complexity index is 808. The summed E-state index contributed by atoms with van der Waals surface area (Å²) < 4.78 is 14.7. The van der Waals surface area contributed by atoms with E-state index in [1.165, 1.54) is 38.3 Å². The SMILES string of the molecule is CCCC1(CC)CCC(F)/C=N\C(C(C(=O)NC2CNCC(C3CCCCC3)C2N2CNNC2C)C(N)N)C1. The van der Waals surface area contributed by atoms with E-state index in [1.807, 2.05) is 0 Å². The number of hydrazine groups is 1. The van der Waals surface area contributed by atoms with Gasteiger partial charge in [-0.1, -0.05) is 58.8 Å². The molecule has 39 heavy (non-hydrogen) atoms. The summed E-state index contributed by atoms with van der Waals surface area (Å²) in [6.07, 6.45) is 10.9. The van der Waals surface area contributed by atoms with Crippen LogP contribution in [0.15, 0.2) is 4.99 Å². The van der Waals surface area contributed by atoms with E-state index in [4.69, 9.17) is 11.5 Å². The van der Waals surface area contributed by atoms with Gasteiger partial charge < -0.3 is 22.1 Å². The number of nitrogens with two attached hydrogens (primary N) is 2. The molecule has 2 saturated heterocycles. The minimum atomic E-state index is -1.10. The molecule has 0 bridgehead atoms.